The average Bonchev–Trinajstić information content (AvgIpc) is 2.77. The number of benzene rings is 1. The van der Waals surface area contributed by atoms with E-state index >= 15 is 0 Å². The van der Waals surface area contributed by atoms with Crippen LogP contribution in [-0.2, 0) is 9.53 Å². The molecule has 4 heteroatoms. The van der Waals surface area contributed by atoms with E-state index in [1.807, 2.05) is 42.7 Å². The lowest BCUT2D eigenvalue weighted by Crippen LogP contribution is -2.21. The summed E-state index contributed by atoms with van der Waals surface area (Å²) in [6.45, 7) is 5.85. The number of carbonyl (C=O) groups is 2. The Morgan fingerprint density at radius 3 is 2.58 bits per heavy atom. The largest absolute Gasteiger partial charge is 0.460 e. The monoisotopic (exact) mass is 259 g/mol. The van der Waals surface area contributed by atoms with E-state index < -0.39 is 11.8 Å². The maximum atomic E-state index is 12.1. The van der Waals surface area contributed by atoms with Crippen molar-refractivity contribution in [1.82, 2.24) is 4.57 Å². The predicted octanol–water partition coefficient (Wildman–Crippen LogP) is 2.97. The standard InChI is InChI=1S/C15H17NO3/c1-4-19-15(18)14(17)13-9-11-7-5-6-8-12(11)16(13)10(2)3/h5-10H,4H2,1-3H3. The molecule has 1 heterocycles. The van der Waals surface area contributed by atoms with Gasteiger partial charge in [-0.3, -0.25) is 4.79 Å². The molecule has 0 aliphatic heterocycles. The Morgan fingerprint density at radius 2 is 1.95 bits per heavy atom. The Balaban J connectivity index is 2.56. The summed E-state index contributed by atoms with van der Waals surface area (Å²) in [5.74, 6) is -1.39. The van der Waals surface area contributed by atoms with Gasteiger partial charge in [-0.1, -0.05) is 18.2 Å². The number of nitrogens with zero attached hydrogens (tertiary/aromatic N) is 1. The number of Topliss-reactive ketones (excluding diaryl/α,β-unsaturated/α-hetero) is 1. The minimum Gasteiger partial charge on any atom is -0.460 e. The van der Waals surface area contributed by atoms with Crippen LogP contribution in [-0.4, -0.2) is 22.9 Å². The zero-order valence-corrected chi connectivity index (χ0v) is 11.3. The molecule has 0 atom stereocenters. The Kier molecular flexibility index (Phi) is 3.69. The van der Waals surface area contributed by atoms with Crippen LogP contribution in [0.4, 0.5) is 0 Å². The van der Waals surface area contributed by atoms with Gasteiger partial charge >= 0.3 is 5.97 Å². The molecule has 0 amide bonds. The normalized spacial score (nSPS) is 10.9. The first-order valence-electron chi connectivity index (χ1n) is 6.37. The van der Waals surface area contributed by atoms with Crippen LogP contribution >= 0.6 is 0 Å². The van der Waals surface area contributed by atoms with Gasteiger partial charge in [-0.15, -0.1) is 0 Å². The van der Waals surface area contributed by atoms with Crippen LogP contribution in [0.25, 0.3) is 10.9 Å². The Morgan fingerprint density at radius 1 is 1.26 bits per heavy atom. The van der Waals surface area contributed by atoms with Crippen molar-refractivity contribution in [2.75, 3.05) is 6.61 Å². The molecule has 4 nitrogen and oxygen atoms in total. The topological polar surface area (TPSA) is 48.3 Å². The summed E-state index contributed by atoms with van der Waals surface area (Å²) < 4.78 is 6.66. The SMILES string of the molecule is CCOC(=O)C(=O)c1cc2ccccc2n1C(C)C. The summed E-state index contributed by atoms with van der Waals surface area (Å²) in [5, 5.41) is 0.948. The van der Waals surface area contributed by atoms with Crippen LogP contribution in [0.3, 0.4) is 0 Å². The number of hydrogen-bond donors (Lipinski definition) is 0. The number of para-hydroxylation sites is 1. The first-order valence-corrected chi connectivity index (χ1v) is 6.37. The van der Waals surface area contributed by atoms with Crippen LogP contribution in [0.15, 0.2) is 30.3 Å². The molecule has 1 aromatic carbocycles. The fraction of sp³-hybridized carbons (Fsp3) is 0.333. The number of ketones is 1. The fourth-order valence-electron chi connectivity index (χ4n) is 2.21. The summed E-state index contributed by atoms with van der Waals surface area (Å²) in [6, 6.07) is 9.53. The molecule has 2 aromatic rings. The Labute approximate surface area is 112 Å². The van der Waals surface area contributed by atoms with E-state index in [1.54, 1.807) is 13.0 Å². The van der Waals surface area contributed by atoms with E-state index in [9.17, 15) is 9.59 Å². The molecule has 0 radical (unpaired) electrons. The van der Waals surface area contributed by atoms with Crippen LogP contribution in [0, 0.1) is 0 Å². The molecular weight excluding hydrogens is 242 g/mol. The third-order valence-electron chi connectivity index (χ3n) is 2.96. The van der Waals surface area contributed by atoms with Gasteiger partial charge in [-0.25, -0.2) is 4.79 Å². The maximum Gasteiger partial charge on any atom is 0.381 e. The number of esters is 1. The number of fused-ring (bicyclic) bond motifs is 1. The minimum atomic E-state index is -0.799. The van der Waals surface area contributed by atoms with Crippen LogP contribution < -0.4 is 0 Å². The van der Waals surface area contributed by atoms with Gasteiger partial charge in [0, 0.05) is 16.9 Å². The number of carbonyl (C=O) groups excluding carboxylic acids is 2. The zero-order valence-electron chi connectivity index (χ0n) is 11.3. The molecule has 2 rings (SSSR count). The molecule has 0 N–H and O–H groups in total. The van der Waals surface area contributed by atoms with Crippen molar-refractivity contribution in [2.24, 2.45) is 0 Å². The van der Waals surface area contributed by atoms with Crippen LogP contribution in [0.2, 0.25) is 0 Å². The maximum absolute atomic E-state index is 12.1. The highest BCUT2D eigenvalue weighted by molar-refractivity contribution is 6.40. The van der Waals surface area contributed by atoms with Crippen LogP contribution in [0.1, 0.15) is 37.3 Å². The lowest BCUT2D eigenvalue weighted by atomic mass is 10.2. The van der Waals surface area contributed by atoms with Gasteiger partial charge in [0.25, 0.3) is 5.78 Å². The van der Waals surface area contributed by atoms with Crippen molar-refractivity contribution in [3.8, 4) is 0 Å². The van der Waals surface area contributed by atoms with Crippen molar-refractivity contribution in [1.29, 1.82) is 0 Å². The molecule has 0 saturated heterocycles. The van der Waals surface area contributed by atoms with E-state index in [-0.39, 0.29) is 12.6 Å². The highest BCUT2D eigenvalue weighted by Crippen LogP contribution is 2.24. The highest BCUT2D eigenvalue weighted by atomic mass is 16.5. The van der Waals surface area contributed by atoms with E-state index in [1.165, 1.54) is 0 Å². The molecule has 19 heavy (non-hydrogen) atoms. The van der Waals surface area contributed by atoms with Gasteiger partial charge in [-0.05, 0) is 32.9 Å². The Hall–Kier alpha value is -2.10. The van der Waals surface area contributed by atoms with Crippen molar-refractivity contribution >= 4 is 22.7 Å². The molecule has 1 aromatic heterocycles. The molecule has 0 saturated carbocycles. The van der Waals surface area contributed by atoms with Gasteiger partial charge in [0.2, 0.25) is 0 Å². The van der Waals surface area contributed by atoms with Gasteiger partial charge in [0.05, 0.1) is 12.3 Å². The molecule has 0 aliphatic rings. The highest BCUT2D eigenvalue weighted by Gasteiger charge is 2.24. The fourth-order valence-corrected chi connectivity index (χ4v) is 2.21. The molecule has 100 valence electrons. The van der Waals surface area contributed by atoms with E-state index in [0.717, 1.165) is 10.9 Å². The molecule has 0 bridgehead atoms. The number of hydrogen-bond acceptors (Lipinski definition) is 3. The summed E-state index contributed by atoms with van der Waals surface area (Å²) >= 11 is 0. The number of rotatable bonds is 4. The Bertz CT molecular complexity index is 625. The predicted molar refractivity (Wildman–Crippen MR) is 73.3 cm³/mol. The summed E-state index contributed by atoms with van der Waals surface area (Å²) in [4.78, 5) is 23.7. The molecule has 0 fully saturated rings. The molecule has 0 spiro atoms. The second-order valence-electron chi connectivity index (χ2n) is 4.60. The smallest absolute Gasteiger partial charge is 0.381 e. The first-order chi connectivity index (χ1) is 9.06. The second kappa shape index (κ2) is 5.26. The summed E-state index contributed by atoms with van der Waals surface area (Å²) in [7, 11) is 0. The third-order valence-corrected chi connectivity index (χ3v) is 2.96. The van der Waals surface area contributed by atoms with E-state index in [2.05, 4.69) is 0 Å². The van der Waals surface area contributed by atoms with Crippen molar-refractivity contribution in [3.63, 3.8) is 0 Å². The van der Waals surface area contributed by atoms with Crippen molar-refractivity contribution in [2.45, 2.75) is 26.8 Å². The van der Waals surface area contributed by atoms with Crippen molar-refractivity contribution in [3.05, 3.63) is 36.0 Å². The van der Waals surface area contributed by atoms with Gasteiger partial charge in [-0.2, -0.15) is 0 Å². The number of aromatic nitrogens is 1. The zero-order chi connectivity index (χ0) is 14.0. The minimum absolute atomic E-state index is 0.0910. The third kappa shape index (κ3) is 2.38. The van der Waals surface area contributed by atoms with Gasteiger partial charge in [0.1, 0.15) is 0 Å². The summed E-state index contributed by atoms with van der Waals surface area (Å²) in [6.07, 6.45) is 0. The second-order valence-corrected chi connectivity index (χ2v) is 4.60. The van der Waals surface area contributed by atoms with Crippen LogP contribution in [0.5, 0.6) is 0 Å². The van der Waals surface area contributed by atoms with Gasteiger partial charge in [0.15, 0.2) is 0 Å². The quantitative estimate of drug-likeness (QED) is 0.482. The van der Waals surface area contributed by atoms with E-state index in [4.69, 9.17) is 4.74 Å². The van der Waals surface area contributed by atoms with Crippen molar-refractivity contribution < 1.29 is 14.3 Å². The number of ether oxygens (including phenoxy) is 1. The summed E-state index contributed by atoms with van der Waals surface area (Å²) in [5.41, 5.74) is 1.33. The molecule has 0 unspecified atom stereocenters. The van der Waals surface area contributed by atoms with Gasteiger partial charge < -0.3 is 9.30 Å². The first kappa shape index (κ1) is 13.3. The lowest BCUT2D eigenvalue weighted by Gasteiger charge is -2.13. The van der Waals surface area contributed by atoms with E-state index in [0.29, 0.717) is 5.69 Å². The lowest BCUT2D eigenvalue weighted by molar-refractivity contribution is -0.137. The molecule has 0 aliphatic carbocycles. The molecular formula is C15H17NO3. The average molecular weight is 259 g/mol.